The van der Waals surface area contributed by atoms with E-state index in [1.54, 1.807) is 0 Å². The fraction of sp³-hybridized carbons (Fsp3) is 0.707. The minimum absolute atomic E-state index is 0.0751. The molecule has 0 fully saturated rings. The summed E-state index contributed by atoms with van der Waals surface area (Å²) in [5.74, 6) is 0. The summed E-state index contributed by atoms with van der Waals surface area (Å²) < 4.78 is 10.4. The van der Waals surface area contributed by atoms with E-state index >= 15 is 0 Å². The first-order valence-electron chi connectivity index (χ1n) is 38.2. The molecular weight excluding hydrogens is 1540 g/mol. The van der Waals surface area contributed by atoms with Crippen LogP contribution in [0.15, 0.2) is 0 Å². The van der Waals surface area contributed by atoms with E-state index in [0.717, 1.165) is 213 Å². The van der Waals surface area contributed by atoms with E-state index in [2.05, 4.69) is 251 Å². The van der Waals surface area contributed by atoms with Crippen molar-refractivity contribution < 1.29 is 0 Å². The van der Waals surface area contributed by atoms with Gasteiger partial charge in [-0.15, -0.1) is 0 Å². The number of nitrogens with one attached hydrogen (secondary N) is 5. The monoisotopic (exact) mass is 1680 g/mol. The Kier molecular flexibility index (Phi) is 44.7. The van der Waals surface area contributed by atoms with Crippen LogP contribution in [-0.4, -0.2) is 174 Å². The number of nitrogens with two attached hydrogens (primary N) is 1. The molecule has 0 unspecified atom stereocenters. The summed E-state index contributed by atoms with van der Waals surface area (Å²) in [6, 6.07) is 0. The van der Waals surface area contributed by atoms with Gasteiger partial charge in [0.2, 0.25) is 0 Å². The Labute approximate surface area is 707 Å². The number of hydrogen-bond acceptors (Lipinski definition) is 24. The van der Waals surface area contributed by atoms with Gasteiger partial charge in [0.25, 0.3) is 0 Å². The molecule has 6 aromatic carbocycles. The quantitative estimate of drug-likeness (QED) is 0.0170. The predicted molar refractivity (Wildman–Crippen MR) is 504 cm³/mol. The third-order valence-electron chi connectivity index (χ3n) is 18.4. The lowest BCUT2D eigenvalue weighted by Gasteiger charge is -2.32. The van der Waals surface area contributed by atoms with Crippen LogP contribution in [0.5, 0.6) is 0 Å². The molecule has 6 aromatic rings. The Balaban J connectivity index is 0.000000637. The Morgan fingerprint density at radius 1 is 0.292 bits per heavy atom. The molecule has 6 rings (SSSR count). The summed E-state index contributed by atoms with van der Waals surface area (Å²) in [4.78, 5) is 13.7. The van der Waals surface area contributed by atoms with Gasteiger partial charge in [-0.2, -0.15) is 0 Å². The van der Waals surface area contributed by atoms with E-state index in [4.69, 9.17) is 152 Å². The van der Waals surface area contributed by atoms with E-state index in [9.17, 15) is 0 Å². The molecule has 0 bridgehead atoms. The first-order valence-corrected chi connectivity index (χ1v) is 43.1. The molecule has 0 spiro atoms. The van der Waals surface area contributed by atoms with Crippen LogP contribution in [0.4, 0.5) is 34.1 Å². The molecular formula is C82H140N12S12. The molecule has 0 aromatic heterocycles. The number of hydrogen-bond donors (Lipinski definition) is 6. The lowest BCUT2D eigenvalue weighted by Crippen LogP contribution is -2.28. The van der Waals surface area contributed by atoms with Gasteiger partial charge in [0.15, 0.2) is 0 Å². The van der Waals surface area contributed by atoms with E-state index in [0.29, 0.717) is 6.54 Å². The number of anilines is 6. The second kappa shape index (κ2) is 46.4. The van der Waals surface area contributed by atoms with E-state index in [1.807, 2.05) is 7.05 Å². The Bertz CT molecular complexity index is 4120. The normalized spacial score (nSPS) is 12.2. The summed E-state index contributed by atoms with van der Waals surface area (Å²) in [7, 11) is 14.6. The minimum Gasteiger partial charge on any atom is -0.384 e. The summed E-state index contributed by atoms with van der Waals surface area (Å²) >= 11 is 64.1. The predicted octanol–water partition coefficient (Wildman–Crippen LogP) is 23.1. The van der Waals surface area contributed by atoms with Gasteiger partial charge < -0.3 is 61.7 Å². The van der Waals surface area contributed by atoms with Gasteiger partial charge in [-0.3, -0.25) is 0 Å². The Hall–Kier alpha value is -1.92. The SMILES string of the molecule is CCCN(C)CCCNc1c(C(C)(C)C)c(=S)c1=S.CCN(C)CCCNc1c(C(C)(C)C)c(=S)c1=S.CCN(CC)CCCNc1c(C(C)(C)C)c(=S)c1=S.CN(C)CCCNc1c(C(C)(C)C)c(=S)c1=S.CN(CCCN)c1c(C(C)(C)C)c(=S)c1=S.CNCCCN(C)c1c(C(C)(C)C)c(=S)c1=S. The van der Waals surface area contributed by atoms with Crippen molar-refractivity contribution in [2.75, 3.05) is 185 Å². The first-order chi connectivity index (χ1) is 48.7. The first kappa shape index (κ1) is 102. The summed E-state index contributed by atoms with van der Waals surface area (Å²) in [5.41, 5.74) is 20.2. The highest BCUT2D eigenvalue weighted by Gasteiger charge is 2.32. The van der Waals surface area contributed by atoms with Gasteiger partial charge in [-0.05, 0) is 178 Å². The zero-order chi connectivity index (χ0) is 82.1. The molecule has 106 heavy (non-hydrogen) atoms. The largest absolute Gasteiger partial charge is 0.384 e. The van der Waals surface area contributed by atoms with Crippen molar-refractivity contribution in [3.05, 3.63) is 87.5 Å². The standard InChI is InChI=1S/2C15H26N2S2.C14H24N2S2.2C13H22N2S2.C12H20N2S2/c1-6-9-17(5)10-7-8-16-12-11(15(2,3)4)13(18)14(12)19;1-6-17(7-2)10-8-9-16-12-11(15(3,4)5)13(18)14(12)19;1-6-16(5)9-7-8-15-11-10(14(2,3)4)12(17)13(11)18;1-13(2,3)9-10(12(17)11(9)16)14-7-6-8-15(4)5;1-13(2,3)9-10(12(17)11(9)16)15(5)8-6-7-14-4;1-12(2,3)8-9(11(16)10(8)15)14(4)7-5-6-13/h2*16H,6-10H2,1-5H3;15H,6-9H2,1-5H3;2*14H,6-8H2,1-5H3;5-7,13H2,1-4H3. The smallest absolute Gasteiger partial charge is 0.0798 e. The van der Waals surface area contributed by atoms with Crippen LogP contribution < -0.4 is 42.1 Å². The van der Waals surface area contributed by atoms with Gasteiger partial charge >= 0.3 is 0 Å². The lowest BCUT2D eigenvalue weighted by molar-refractivity contribution is 0.303. The van der Waals surface area contributed by atoms with Gasteiger partial charge in [0.05, 0.1) is 88.2 Å². The van der Waals surface area contributed by atoms with E-state index < -0.39 is 0 Å². The van der Waals surface area contributed by atoms with Crippen molar-refractivity contribution in [3.63, 3.8) is 0 Å². The molecule has 7 N–H and O–H groups in total. The maximum atomic E-state index is 5.52. The lowest BCUT2D eigenvalue weighted by atomic mass is 9.83. The van der Waals surface area contributed by atoms with Crippen LogP contribution in [0.2, 0.25) is 0 Å². The molecule has 0 saturated heterocycles. The summed E-state index contributed by atoms with van der Waals surface area (Å²) in [6.45, 7) is 64.6. The van der Waals surface area contributed by atoms with Crippen molar-refractivity contribution in [1.82, 2.24) is 24.9 Å². The number of nitrogens with zero attached hydrogens (tertiary/aromatic N) is 6. The van der Waals surface area contributed by atoms with Gasteiger partial charge in [0, 0.05) is 86.7 Å². The van der Waals surface area contributed by atoms with Gasteiger partial charge in [-0.25, -0.2) is 0 Å². The van der Waals surface area contributed by atoms with Crippen molar-refractivity contribution >= 4 is 181 Å². The average Bonchev–Trinajstić information content (AvgIpc) is 0.749. The second-order valence-corrected chi connectivity index (χ2v) is 39.4. The molecule has 600 valence electrons. The Morgan fingerprint density at radius 2 is 0.557 bits per heavy atom. The van der Waals surface area contributed by atoms with E-state index in [-0.39, 0.29) is 32.5 Å². The molecule has 0 amide bonds. The fourth-order valence-electron chi connectivity index (χ4n) is 12.5. The third kappa shape index (κ3) is 30.8. The summed E-state index contributed by atoms with van der Waals surface area (Å²) in [5, 5.41) is 17.0. The van der Waals surface area contributed by atoms with Gasteiger partial charge in [-0.1, -0.05) is 299 Å². The van der Waals surface area contributed by atoms with Crippen LogP contribution in [-0.2, 0) is 32.5 Å². The van der Waals surface area contributed by atoms with Gasteiger partial charge in [0.1, 0.15) is 0 Å². The average molecular weight is 1680 g/mol. The molecule has 0 atom stereocenters. The maximum absolute atomic E-state index is 5.52. The summed E-state index contributed by atoms with van der Waals surface area (Å²) in [6.07, 6.45) is 7.81. The topological polar surface area (TPSA) is 106 Å². The molecule has 0 saturated carbocycles. The molecule has 0 aliphatic heterocycles. The molecule has 0 radical (unpaired) electrons. The van der Waals surface area contributed by atoms with Crippen molar-refractivity contribution in [1.29, 1.82) is 0 Å². The molecule has 0 aliphatic rings. The van der Waals surface area contributed by atoms with Crippen LogP contribution in [0, 0.1) is 54.1 Å². The zero-order valence-corrected chi connectivity index (χ0v) is 80.7. The van der Waals surface area contributed by atoms with E-state index in [1.165, 1.54) is 52.0 Å². The van der Waals surface area contributed by atoms with Crippen molar-refractivity contribution in [2.24, 2.45) is 5.73 Å². The minimum atomic E-state index is 0.0751. The van der Waals surface area contributed by atoms with Crippen LogP contribution in [0.1, 0.15) is 231 Å². The highest BCUT2D eigenvalue weighted by atomic mass is 32.1. The Morgan fingerprint density at radius 3 is 0.811 bits per heavy atom. The third-order valence-corrected chi connectivity index (χ3v) is 24.1. The zero-order valence-electron chi connectivity index (χ0n) is 70.9. The highest BCUT2D eigenvalue weighted by Crippen LogP contribution is 2.43. The fourth-order valence-corrected chi connectivity index (χ4v) is 17.3. The molecule has 12 nitrogen and oxygen atoms in total. The van der Waals surface area contributed by atoms with Crippen molar-refractivity contribution in [3.8, 4) is 0 Å². The molecule has 0 aliphatic carbocycles. The molecule has 24 heteroatoms. The van der Waals surface area contributed by atoms with Crippen molar-refractivity contribution in [2.45, 2.75) is 230 Å². The highest BCUT2D eigenvalue weighted by molar-refractivity contribution is 7.75. The maximum Gasteiger partial charge on any atom is 0.0798 e. The molecule has 0 heterocycles. The van der Waals surface area contributed by atoms with Crippen LogP contribution in [0.25, 0.3) is 0 Å². The van der Waals surface area contributed by atoms with Crippen LogP contribution in [0.3, 0.4) is 0 Å². The van der Waals surface area contributed by atoms with Crippen LogP contribution >= 0.6 is 147 Å². The number of rotatable bonds is 34. The second-order valence-electron chi connectivity index (χ2n) is 34.5.